The van der Waals surface area contributed by atoms with Crippen molar-refractivity contribution in [1.82, 2.24) is 10.2 Å². The molecule has 1 atom stereocenters. The molecule has 2 aromatic rings. The van der Waals surface area contributed by atoms with Gasteiger partial charge in [-0.1, -0.05) is 63.2 Å². The fourth-order valence-corrected chi connectivity index (χ4v) is 3.51. The maximum atomic E-state index is 12.8. The van der Waals surface area contributed by atoms with Crippen molar-refractivity contribution in [2.24, 2.45) is 5.41 Å². The summed E-state index contributed by atoms with van der Waals surface area (Å²) in [5.74, 6) is -0.291. The summed E-state index contributed by atoms with van der Waals surface area (Å²) in [6, 6.07) is 17.5. The maximum Gasteiger partial charge on any atom is 0.333 e. The summed E-state index contributed by atoms with van der Waals surface area (Å²) < 4.78 is 11.2. The van der Waals surface area contributed by atoms with E-state index < -0.39 is 12.1 Å². The average Bonchev–Trinajstić information content (AvgIpc) is 2.82. The number of hydrogen-bond donors (Lipinski definition) is 2. The van der Waals surface area contributed by atoms with Crippen molar-refractivity contribution in [3.8, 4) is 5.75 Å². The van der Waals surface area contributed by atoms with E-state index in [-0.39, 0.29) is 11.4 Å². The van der Waals surface area contributed by atoms with Gasteiger partial charge in [0.15, 0.2) is 6.10 Å². The fraction of sp³-hybridized carbons (Fsp3) is 0.500. The number of nitrogens with zero attached hydrogens (tertiary/aromatic N) is 1. The molecule has 0 aliphatic heterocycles. The molecule has 1 unspecified atom stereocenters. The molecule has 0 aromatic heterocycles. The van der Waals surface area contributed by atoms with Crippen molar-refractivity contribution in [3.63, 3.8) is 0 Å². The van der Waals surface area contributed by atoms with Crippen molar-refractivity contribution < 1.29 is 24.2 Å². The number of carboxylic acids is 1. The first-order valence-electron chi connectivity index (χ1n) is 12.3. The molecule has 0 fully saturated rings. The number of ether oxygens (including phenoxy) is 2. The summed E-state index contributed by atoms with van der Waals surface area (Å²) in [5, 5.41) is 12.3. The Balaban J connectivity index is 1.88. The Labute approximate surface area is 209 Å². The molecule has 0 bridgehead atoms. The molecule has 35 heavy (non-hydrogen) atoms. The topological polar surface area (TPSA) is 88.1 Å². The van der Waals surface area contributed by atoms with Gasteiger partial charge < -0.3 is 24.8 Å². The molecule has 2 N–H and O–H groups in total. The number of hydrogen-bond acceptors (Lipinski definition) is 4. The number of benzene rings is 2. The largest absolute Gasteiger partial charge is 0.492 e. The van der Waals surface area contributed by atoms with E-state index in [1.165, 1.54) is 5.56 Å². The van der Waals surface area contributed by atoms with Crippen LogP contribution in [0, 0.1) is 5.41 Å². The number of aliphatic carboxylic acids is 1. The highest BCUT2D eigenvalue weighted by molar-refractivity contribution is 5.74. The summed E-state index contributed by atoms with van der Waals surface area (Å²) in [4.78, 5) is 25.9. The second-order valence-corrected chi connectivity index (χ2v) is 9.77. The van der Waals surface area contributed by atoms with Crippen LogP contribution in [-0.2, 0) is 22.4 Å². The summed E-state index contributed by atoms with van der Waals surface area (Å²) in [6.45, 7) is 10.5. The first-order valence-corrected chi connectivity index (χ1v) is 12.3. The van der Waals surface area contributed by atoms with Crippen LogP contribution in [0.15, 0.2) is 54.6 Å². The van der Waals surface area contributed by atoms with Crippen LogP contribution in [0.3, 0.4) is 0 Å². The first kappa shape index (κ1) is 28.2. The summed E-state index contributed by atoms with van der Waals surface area (Å²) in [5.41, 5.74) is 2.13. The van der Waals surface area contributed by atoms with Gasteiger partial charge in [-0.3, -0.25) is 0 Å². The van der Waals surface area contributed by atoms with Gasteiger partial charge in [-0.15, -0.1) is 0 Å². The van der Waals surface area contributed by atoms with Gasteiger partial charge in [0, 0.05) is 26.1 Å². The van der Waals surface area contributed by atoms with E-state index in [2.05, 4.69) is 38.2 Å². The van der Waals surface area contributed by atoms with Crippen molar-refractivity contribution >= 4 is 12.0 Å². The highest BCUT2D eigenvalue weighted by Gasteiger charge is 2.19. The molecule has 2 rings (SSSR count). The van der Waals surface area contributed by atoms with E-state index in [0.717, 1.165) is 18.4 Å². The second kappa shape index (κ2) is 14.4. The number of aryl methyl sites for hydroxylation is 1. The highest BCUT2D eigenvalue weighted by atomic mass is 16.5. The third kappa shape index (κ3) is 11.3. The smallest absolute Gasteiger partial charge is 0.333 e. The number of amides is 2. The quantitative estimate of drug-likeness (QED) is 0.403. The van der Waals surface area contributed by atoms with Gasteiger partial charge in [-0.25, -0.2) is 9.59 Å². The molecule has 0 aliphatic carbocycles. The summed E-state index contributed by atoms with van der Waals surface area (Å²) in [6.07, 6.45) is 1.22. The van der Waals surface area contributed by atoms with Crippen LogP contribution in [0.5, 0.6) is 5.75 Å². The highest BCUT2D eigenvalue weighted by Crippen LogP contribution is 2.15. The van der Waals surface area contributed by atoms with Crippen LogP contribution in [0.2, 0.25) is 0 Å². The zero-order valence-electron chi connectivity index (χ0n) is 21.5. The Bertz CT molecular complexity index is 894. The standard InChI is InChI=1S/C28H40N2O5/c1-5-34-25(26(31)32)20-23-13-15-24(16-14-23)35-19-18-30(27(33)29-21-28(2,3)4)17-9-12-22-10-7-6-8-11-22/h6-8,10-11,13-16,25H,5,9,12,17-21H2,1-4H3,(H,29,33)(H,31,32). The van der Waals surface area contributed by atoms with Gasteiger partial charge in [-0.05, 0) is 48.4 Å². The minimum Gasteiger partial charge on any atom is -0.492 e. The lowest BCUT2D eigenvalue weighted by molar-refractivity contribution is -0.149. The van der Waals surface area contributed by atoms with E-state index in [0.29, 0.717) is 45.0 Å². The van der Waals surface area contributed by atoms with Gasteiger partial charge in [0.2, 0.25) is 0 Å². The van der Waals surface area contributed by atoms with Crippen molar-refractivity contribution in [3.05, 3.63) is 65.7 Å². The Hall–Kier alpha value is -3.06. The predicted molar refractivity (Wildman–Crippen MR) is 138 cm³/mol. The summed E-state index contributed by atoms with van der Waals surface area (Å²) >= 11 is 0. The molecule has 0 spiro atoms. The molecule has 0 heterocycles. The van der Waals surface area contributed by atoms with Crippen LogP contribution in [0.1, 0.15) is 45.2 Å². The van der Waals surface area contributed by atoms with Crippen molar-refractivity contribution in [1.29, 1.82) is 0 Å². The van der Waals surface area contributed by atoms with E-state index in [1.807, 2.05) is 47.4 Å². The molecule has 0 radical (unpaired) electrons. The fourth-order valence-electron chi connectivity index (χ4n) is 3.51. The Morgan fingerprint density at radius 2 is 1.69 bits per heavy atom. The number of carbonyl (C=O) groups is 2. The second-order valence-electron chi connectivity index (χ2n) is 9.77. The molecule has 0 saturated carbocycles. The minimum absolute atomic E-state index is 0.00539. The van der Waals surface area contributed by atoms with Crippen molar-refractivity contribution in [2.75, 3.05) is 32.8 Å². The lowest BCUT2D eigenvalue weighted by Gasteiger charge is -2.26. The van der Waals surface area contributed by atoms with Gasteiger partial charge in [0.1, 0.15) is 12.4 Å². The molecule has 7 heteroatoms. The average molecular weight is 485 g/mol. The van der Waals surface area contributed by atoms with Gasteiger partial charge in [0.25, 0.3) is 0 Å². The van der Waals surface area contributed by atoms with Crippen LogP contribution < -0.4 is 10.1 Å². The molecule has 192 valence electrons. The van der Waals surface area contributed by atoms with Gasteiger partial charge >= 0.3 is 12.0 Å². The van der Waals surface area contributed by atoms with Crippen LogP contribution >= 0.6 is 0 Å². The SMILES string of the molecule is CCOC(Cc1ccc(OCCN(CCCc2ccccc2)C(=O)NCC(C)(C)C)cc1)C(=O)O. The minimum atomic E-state index is -0.968. The van der Waals surface area contributed by atoms with Gasteiger partial charge in [0.05, 0.1) is 6.54 Å². The molecule has 0 aliphatic rings. The lowest BCUT2D eigenvalue weighted by atomic mass is 9.97. The van der Waals surface area contributed by atoms with Crippen LogP contribution in [-0.4, -0.2) is 61.0 Å². The lowest BCUT2D eigenvalue weighted by Crippen LogP contribution is -2.45. The molecular weight excluding hydrogens is 444 g/mol. The van der Waals surface area contributed by atoms with E-state index in [1.54, 1.807) is 6.92 Å². The first-order chi connectivity index (χ1) is 16.7. The Kier molecular flexibility index (Phi) is 11.6. The normalized spacial score (nSPS) is 12.1. The maximum absolute atomic E-state index is 12.8. The number of rotatable bonds is 14. The van der Waals surface area contributed by atoms with Crippen LogP contribution in [0.4, 0.5) is 4.79 Å². The number of urea groups is 1. The van der Waals surface area contributed by atoms with E-state index in [9.17, 15) is 14.7 Å². The third-order valence-corrected chi connectivity index (χ3v) is 5.41. The molecular formula is C28H40N2O5. The van der Waals surface area contributed by atoms with E-state index in [4.69, 9.17) is 9.47 Å². The Morgan fingerprint density at radius 1 is 1.00 bits per heavy atom. The molecule has 7 nitrogen and oxygen atoms in total. The summed E-state index contributed by atoms with van der Waals surface area (Å²) in [7, 11) is 0. The number of carbonyl (C=O) groups excluding carboxylic acids is 1. The Morgan fingerprint density at radius 3 is 2.29 bits per heavy atom. The monoisotopic (exact) mass is 484 g/mol. The van der Waals surface area contributed by atoms with Crippen molar-refractivity contribution in [2.45, 2.75) is 53.1 Å². The third-order valence-electron chi connectivity index (χ3n) is 5.41. The number of carboxylic acid groups (broad SMARTS) is 1. The molecule has 2 aromatic carbocycles. The van der Waals surface area contributed by atoms with Gasteiger partial charge in [-0.2, -0.15) is 0 Å². The molecule has 0 saturated heterocycles. The predicted octanol–water partition coefficient (Wildman–Crippen LogP) is 4.79. The van der Waals surface area contributed by atoms with E-state index >= 15 is 0 Å². The van der Waals surface area contributed by atoms with Crippen LogP contribution in [0.25, 0.3) is 0 Å². The zero-order chi connectivity index (χ0) is 25.7. The molecule has 2 amide bonds. The number of nitrogens with one attached hydrogen (secondary N) is 1. The zero-order valence-corrected chi connectivity index (χ0v) is 21.5.